The molecule has 1 fully saturated rings. The van der Waals surface area contributed by atoms with Gasteiger partial charge in [0.2, 0.25) is 0 Å². The van der Waals surface area contributed by atoms with Crippen LogP contribution in [0.5, 0.6) is 0 Å². The Morgan fingerprint density at radius 1 is 1.12 bits per heavy atom. The number of halogens is 1. The third-order valence-electron chi connectivity index (χ3n) is 3.94. The summed E-state index contributed by atoms with van der Waals surface area (Å²) in [6.45, 7) is 5.31. The number of sulfone groups is 1. The molecule has 2 aromatic carbocycles. The van der Waals surface area contributed by atoms with E-state index in [2.05, 4.69) is 0 Å². The molecule has 0 bridgehead atoms. The summed E-state index contributed by atoms with van der Waals surface area (Å²) in [5, 5.41) is 1.58. The molecule has 0 aromatic heterocycles. The zero-order chi connectivity index (χ0) is 17.7. The Morgan fingerprint density at radius 3 is 2.42 bits per heavy atom. The number of carbonyl (C=O) groups excluding carboxylic acids is 1. The largest absolute Gasteiger partial charge is 0.460 e. The minimum Gasteiger partial charge on any atom is -0.460 e. The first-order chi connectivity index (χ1) is 11.1. The predicted molar refractivity (Wildman–Crippen MR) is 93.9 cm³/mol. The Morgan fingerprint density at radius 2 is 1.75 bits per heavy atom. The second-order valence-corrected chi connectivity index (χ2v) is 9.72. The fourth-order valence-corrected chi connectivity index (χ4v) is 4.77. The van der Waals surface area contributed by atoms with E-state index in [0.717, 1.165) is 10.8 Å². The highest BCUT2D eigenvalue weighted by Gasteiger charge is 2.53. The van der Waals surface area contributed by atoms with Gasteiger partial charge in [-0.1, -0.05) is 23.7 Å². The molecule has 0 N–H and O–H groups in total. The lowest BCUT2D eigenvalue weighted by atomic mass is 10.1. The van der Waals surface area contributed by atoms with Gasteiger partial charge in [-0.25, -0.2) is 8.42 Å². The first kappa shape index (κ1) is 17.2. The molecule has 0 unspecified atom stereocenters. The molecule has 4 nitrogen and oxygen atoms in total. The number of hydrogen-bond acceptors (Lipinski definition) is 4. The molecule has 0 aliphatic heterocycles. The van der Waals surface area contributed by atoms with Gasteiger partial charge < -0.3 is 4.74 Å². The summed E-state index contributed by atoms with van der Waals surface area (Å²) in [7, 11) is -3.55. The van der Waals surface area contributed by atoms with Crippen molar-refractivity contribution in [3.63, 3.8) is 0 Å². The average molecular weight is 367 g/mol. The summed E-state index contributed by atoms with van der Waals surface area (Å²) in [6, 6.07) is 10.2. The minimum atomic E-state index is -3.55. The zero-order valence-corrected chi connectivity index (χ0v) is 15.3. The molecule has 1 saturated carbocycles. The number of carbonyl (C=O) groups is 1. The summed E-state index contributed by atoms with van der Waals surface area (Å²) in [5.74, 6) is -1.02. The summed E-state index contributed by atoms with van der Waals surface area (Å²) in [6.07, 6.45) is 0.315. The van der Waals surface area contributed by atoms with Crippen LogP contribution in [0.2, 0.25) is 5.02 Å². The van der Waals surface area contributed by atoms with E-state index in [1.807, 2.05) is 0 Å². The number of esters is 1. The molecule has 3 rings (SSSR count). The molecule has 0 radical (unpaired) electrons. The standard InChI is InChI=1S/C18H19ClO4S/c1-18(2,3)23-17(20)15-10-16(15)24(21,22)14-7-5-11-8-13(19)6-4-12(11)9-14/h4-9,15-16H,10H2,1-3H3/t15-,16-/m1/s1. The van der Waals surface area contributed by atoms with Gasteiger partial charge >= 0.3 is 5.97 Å². The van der Waals surface area contributed by atoms with E-state index in [1.165, 1.54) is 0 Å². The number of fused-ring (bicyclic) bond motifs is 1. The van der Waals surface area contributed by atoms with Crippen molar-refractivity contribution in [2.75, 3.05) is 0 Å². The average Bonchev–Trinajstić information content (AvgIpc) is 3.26. The molecule has 0 spiro atoms. The van der Waals surface area contributed by atoms with Crippen LogP contribution in [0.25, 0.3) is 10.8 Å². The van der Waals surface area contributed by atoms with Crippen molar-refractivity contribution in [2.24, 2.45) is 5.92 Å². The van der Waals surface area contributed by atoms with Crippen LogP contribution in [0.3, 0.4) is 0 Å². The Hall–Kier alpha value is -1.59. The highest BCUT2D eigenvalue weighted by Crippen LogP contribution is 2.42. The maximum absolute atomic E-state index is 12.8. The first-order valence-electron chi connectivity index (χ1n) is 7.74. The van der Waals surface area contributed by atoms with Gasteiger partial charge in [0.25, 0.3) is 0 Å². The summed E-state index contributed by atoms with van der Waals surface area (Å²) in [4.78, 5) is 12.3. The van der Waals surface area contributed by atoms with E-state index in [4.69, 9.17) is 16.3 Å². The quantitative estimate of drug-likeness (QED) is 0.770. The third-order valence-corrected chi connectivity index (χ3v) is 6.41. The molecule has 2 aromatic rings. The molecule has 128 valence electrons. The van der Waals surface area contributed by atoms with Crippen molar-refractivity contribution in [3.8, 4) is 0 Å². The van der Waals surface area contributed by atoms with Gasteiger partial charge in [0.1, 0.15) is 5.60 Å². The van der Waals surface area contributed by atoms with Gasteiger partial charge in [-0.15, -0.1) is 0 Å². The fraction of sp³-hybridized carbons (Fsp3) is 0.389. The van der Waals surface area contributed by atoms with Crippen molar-refractivity contribution in [1.82, 2.24) is 0 Å². The van der Waals surface area contributed by atoms with Crippen molar-refractivity contribution < 1.29 is 17.9 Å². The van der Waals surface area contributed by atoms with Gasteiger partial charge in [0.15, 0.2) is 9.84 Å². The molecular weight excluding hydrogens is 348 g/mol. The fourth-order valence-electron chi connectivity index (χ4n) is 2.69. The highest BCUT2D eigenvalue weighted by molar-refractivity contribution is 7.92. The molecule has 2 atom stereocenters. The van der Waals surface area contributed by atoms with Crippen LogP contribution in [0, 0.1) is 5.92 Å². The molecule has 0 saturated heterocycles. The maximum Gasteiger partial charge on any atom is 0.310 e. The Balaban J connectivity index is 1.84. The Bertz CT molecular complexity index is 912. The van der Waals surface area contributed by atoms with Crippen molar-refractivity contribution in [1.29, 1.82) is 0 Å². The lowest BCUT2D eigenvalue weighted by Gasteiger charge is -2.19. The second-order valence-electron chi connectivity index (χ2n) is 7.11. The van der Waals surface area contributed by atoms with E-state index in [0.29, 0.717) is 11.4 Å². The summed E-state index contributed by atoms with van der Waals surface area (Å²) < 4.78 is 30.8. The predicted octanol–water partition coefficient (Wildman–Crippen LogP) is 4.00. The van der Waals surface area contributed by atoms with Crippen LogP contribution >= 0.6 is 11.6 Å². The molecule has 1 aliphatic carbocycles. The zero-order valence-electron chi connectivity index (χ0n) is 13.7. The molecular formula is C18H19ClO4S. The lowest BCUT2D eigenvalue weighted by molar-refractivity contribution is -0.156. The van der Waals surface area contributed by atoms with E-state index >= 15 is 0 Å². The van der Waals surface area contributed by atoms with Crippen molar-refractivity contribution >= 4 is 38.2 Å². The topological polar surface area (TPSA) is 60.4 Å². The molecule has 24 heavy (non-hydrogen) atoms. The van der Waals surface area contributed by atoms with E-state index in [-0.39, 0.29) is 4.90 Å². The highest BCUT2D eigenvalue weighted by atomic mass is 35.5. The van der Waals surface area contributed by atoms with Gasteiger partial charge in [-0.05, 0) is 62.2 Å². The Kier molecular flexibility index (Phi) is 4.12. The Labute approximate surface area is 146 Å². The monoisotopic (exact) mass is 366 g/mol. The van der Waals surface area contributed by atoms with E-state index in [1.54, 1.807) is 57.2 Å². The van der Waals surface area contributed by atoms with Gasteiger partial charge in [0.05, 0.1) is 16.1 Å². The lowest BCUT2D eigenvalue weighted by Crippen LogP contribution is -2.26. The van der Waals surface area contributed by atoms with Gasteiger partial charge in [0, 0.05) is 5.02 Å². The van der Waals surface area contributed by atoms with E-state index in [9.17, 15) is 13.2 Å². The van der Waals surface area contributed by atoms with Crippen molar-refractivity contribution in [3.05, 3.63) is 41.4 Å². The maximum atomic E-state index is 12.8. The molecule has 6 heteroatoms. The second kappa shape index (κ2) is 5.74. The SMILES string of the molecule is CC(C)(C)OC(=O)[C@@H]1C[C@H]1S(=O)(=O)c1ccc2cc(Cl)ccc2c1. The number of rotatable bonds is 3. The number of hydrogen-bond donors (Lipinski definition) is 0. The summed E-state index contributed by atoms with van der Waals surface area (Å²) in [5.41, 5.74) is -0.615. The van der Waals surface area contributed by atoms with Gasteiger partial charge in [-0.2, -0.15) is 0 Å². The first-order valence-corrected chi connectivity index (χ1v) is 9.66. The third kappa shape index (κ3) is 3.42. The van der Waals surface area contributed by atoms with E-state index < -0.39 is 32.6 Å². The molecule has 0 amide bonds. The van der Waals surface area contributed by atoms with Crippen LogP contribution < -0.4 is 0 Å². The number of ether oxygens (including phenoxy) is 1. The van der Waals surface area contributed by atoms with Crippen LogP contribution in [0.15, 0.2) is 41.3 Å². The van der Waals surface area contributed by atoms with Crippen molar-refractivity contribution in [2.45, 2.75) is 42.9 Å². The molecule has 0 heterocycles. The molecule has 1 aliphatic rings. The summed E-state index contributed by atoms with van der Waals surface area (Å²) >= 11 is 5.95. The van der Waals surface area contributed by atoms with Crippen LogP contribution in [-0.2, 0) is 19.4 Å². The number of benzene rings is 2. The smallest absolute Gasteiger partial charge is 0.310 e. The van der Waals surface area contributed by atoms with Crippen LogP contribution in [0.4, 0.5) is 0 Å². The van der Waals surface area contributed by atoms with Crippen LogP contribution in [0.1, 0.15) is 27.2 Å². The van der Waals surface area contributed by atoms with Gasteiger partial charge in [-0.3, -0.25) is 4.79 Å². The van der Waals surface area contributed by atoms with Crippen LogP contribution in [-0.4, -0.2) is 25.2 Å². The normalized spacial score (nSPS) is 20.8. The minimum absolute atomic E-state index is 0.230.